The molecule has 0 atom stereocenters. The van der Waals surface area contributed by atoms with Crippen LogP contribution in [-0.2, 0) is 13.2 Å². The fraction of sp³-hybridized carbons (Fsp3) is 0.0909. The Bertz CT molecular complexity index is 1120. The van der Waals surface area contributed by atoms with E-state index in [1.807, 2.05) is 6.07 Å². The number of rotatable bonds is 6. The summed E-state index contributed by atoms with van der Waals surface area (Å²) in [7, 11) is 0. The van der Waals surface area contributed by atoms with Crippen molar-refractivity contribution in [3.63, 3.8) is 0 Å². The van der Waals surface area contributed by atoms with Crippen molar-refractivity contribution in [3.8, 4) is 17.6 Å². The number of phenols is 1. The highest BCUT2D eigenvalue weighted by molar-refractivity contribution is 6.34. The minimum Gasteiger partial charge on any atom is -0.508 e. The van der Waals surface area contributed by atoms with E-state index in [1.54, 1.807) is 42.5 Å². The first kappa shape index (κ1) is 21.8. The van der Waals surface area contributed by atoms with E-state index in [2.05, 4.69) is 5.32 Å². The van der Waals surface area contributed by atoms with Gasteiger partial charge in [-0.05, 0) is 54.1 Å². The van der Waals surface area contributed by atoms with Gasteiger partial charge >= 0.3 is 0 Å². The molecule has 3 aromatic rings. The number of nitriles is 1. The van der Waals surface area contributed by atoms with Gasteiger partial charge in [-0.25, -0.2) is 0 Å². The van der Waals surface area contributed by atoms with Crippen molar-refractivity contribution in [1.29, 1.82) is 5.26 Å². The topological polar surface area (TPSA) is 82.4 Å². The quantitative estimate of drug-likeness (QED) is 0.491. The van der Waals surface area contributed by atoms with Gasteiger partial charge in [0.15, 0.2) is 0 Å². The van der Waals surface area contributed by atoms with E-state index >= 15 is 0 Å². The molecule has 0 aliphatic carbocycles. The van der Waals surface area contributed by atoms with Crippen LogP contribution in [0, 0.1) is 11.3 Å². The zero-order valence-corrected chi connectivity index (χ0v) is 17.7. The summed E-state index contributed by atoms with van der Waals surface area (Å²) in [6.45, 7) is 0.279. The van der Waals surface area contributed by atoms with Crippen LogP contribution in [0.4, 0.5) is 0 Å². The summed E-state index contributed by atoms with van der Waals surface area (Å²) >= 11 is 18.1. The lowest BCUT2D eigenvalue weighted by atomic mass is 10.1. The Morgan fingerprint density at radius 3 is 2.37 bits per heavy atom. The first-order chi connectivity index (χ1) is 14.3. The number of hydrogen-bond donors (Lipinski definition) is 2. The molecule has 152 valence electrons. The molecule has 0 radical (unpaired) electrons. The molecule has 0 heterocycles. The zero-order chi connectivity index (χ0) is 21.7. The largest absolute Gasteiger partial charge is 0.508 e. The molecular weight excluding hydrogens is 447 g/mol. The fourth-order valence-electron chi connectivity index (χ4n) is 2.70. The molecule has 0 bridgehead atoms. The molecule has 0 saturated carbocycles. The van der Waals surface area contributed by atoms with Gasteiger partial charge in [-0.15, -0.1) is 0 Å². The van der Waals surface area contributed by atoms with Crippen LogP contribution in [0.25, 0.3) is 0 Å². The third kappa shape index (κ3) is 5.80. The van der Waals surface area contributed by atoms with Crippen LogP contribution in [0.2, 0.25) is 15.1 Å². The number of nitrogens with zero attached hydrogens (tertiary/aromatic N) is 1. The maximum Gasteiger partial charge on any atom is 0.251 e. The molecule has 0 aromatic heterocycles. The monoisotopic (exact) mass is 460 g/mol. The maximum absolute atomic E-state index is 12.5. The van der Waals surface area contributed by atoms with Crippen LogP contribution in [0.15, 0.2) is 54.6 Å². The lowest BCUT2D eigenvalue weighted by Gasteiger charge is -2.11. The standard InChI is InChI=1S/C22H15Cl3N2O3/c23-17-3-14(4-18(24)8-17)12-30-20-7-16(6-19(25)9-20)22(29)27-11-15-2-1-13(10-26)5-21(15)28/h1-9,28H,11-12H2,(H,27,29). The Kier molecular flexibility index (Phi) is 7.07. The Morgan fingerprint density at radius 2 is 1.70 bits per heavy atom. The van der Waals surface area contributed by atoms with Crippen molar-refractivity contribution < 1.29 is 14.6 Å². The maximum atomic E-state index is 12.5. The van der Waals surface area contributed by atoms with E-state index in [0.717, 1.165) is 5.56 Å². The molecule has 0 aliphatic heterocycles. The van der Waals surface area contributed by atoms with Gasteiger partial charge in [0, 0.05) is 32.7 Å². The first-order valence-corrected chi connectivity index (χ1v) is 9.86. The average molecular weight is 462 g/mol. The summed E-state index contributed by atoms with van der Waals surface area (Å²) in [6, 6.07) is 16.2. The second-order valence-corrected chi connectivity index (χ2v) is 7.69. The van der Waals surface area contributed by atoms with E-state index in [4.69, 9.17) is 44.8 Å². The normalized spacial score (nSPS) is 10.3. The Labute approximate surface area is 188 Å². The molecular formula is C22H15Cl3N2O3. The third-order valence-electron chi connectivity index (χ3n) is 4.12. The van der Waals surface area contributed by atoms with Crippen molar-refractivity contribution in [2.45, 2.75) is 13.2 Å². The molecule has 0 unspecified atom stereocenters. The summed E-state index contributed by atoms with van der Waals surface area (Å²) < 4.78 is 5.73. The molecule has 3 rings (SSSR count). The second-order valence-electron chi connectivity index (χ2n) is 6.38. The summed E-state index contributed by atoms with van der Waals surface area (Å²) in [6.07, 6.45) is 0. The number of carbonyl (C=O) groups excluding carboxylic acids is 1. The van der Waals surface area contributed by atoms with Gasteiger partial charge in [0.1, 0.15) is 18.1 Å². The van der Waals surface area contributed by atoms with Crippen LogP contribution in [0.1, 0.15) is 27.0 Å². The molecule has 30 heavy (non-hydrogen) atoms. The molecule has 0 fully saturated rings. The van der Waals surface area contributed by atoms with Crippen molar-refractivity contribution in [2.75, 3.05) is 0 Å². The number of halogens is 3. The Hall–Kier alpha value is -2.91. The average Bonchev–Trinajstić information content (AvgIpc) is 2.70. The smallest absolute Gasteiger partial charge is 0.251 e. The highest BCUT2D eigenvalue weighted by atomic mass is 35.5. The molecule has 0 aliphatic rings. The van der Waals surface area contributed by atoms with Crippen molar-refractivity contribution in [2.24, 2.45) is 0 Å². The van der Waals surface area contributed by atoms with Crippen LogP contribution in [0.3, 0.4) is 0 Å². The predicted molar refractivity (Wildman–Crippen MR) is 116 cm³/mol. The van der Waals surface area contributed by atoms with Gasteiger partial charge in [-0.2, -0.15) is 5.26 Å². The van der Waals surface area contributed by atoms with Gasteiger partial charge in [-0.3, -0.25) is 4.79 Å². The predicted octanol–water partition coefficient (Wildman–Crippen LogP) is 5.73. The summed E-state index contributed by atoms with van der Waals surface area (Å²) in [5.41, 5.74) is 1.89. The van der Waals surface area contributed by atoms with E-state index in [9.17, 15) is 9.90 Å². The van der Waals surface area contributed by atoms with Crippen molar-refractivity contribution in [1.82, 2.24) is 5.32 Å². The van der Waals surface area contributed by atoms with E-state index in [-0.39, 0.29) is 18.9 Å². The van der Waals surface area contributed by atoms with E-state index in [0.29, 0.717) is 37.5 Å². The number of ether oxygens (including phenoxy) is 1. The number of amides is 1. The highest BCUT2D eigenvalue weighted by Crippen LogP contribution is 2.24. The third-order valence-corrected chi connectivity index (χ3v) is 4.77. The molecule has 2 N–H and O–H groups in total. The van der Waals surface area contributed by atoms with Gasteiger partial charge in [0.05, 0.1) is 11.6 Å². The number of carbonyl (C=O) groups is 1. The number of nitrogens with one attached hydrogen (secondary N) is 1. The Balaban J connectivity index is 1.68. The number of hydrogen-bond acceptors (Lipinski definition) is 4. The number of benzene rings is 3. The van der Waals surface area contributed by atoms with Crippen LogP contribution in [-0.4, -0.2) is 11.0 Å². The molecule has 0 saturated heterocycles. The molecule has 5 nitrogen and oxygen atoms in total. The lowest BCUT2D eigenvalue weighted by molar-refractivity contribution is 0.0950. The van der Waals surface area contributed by atoms with Gasteiger partial charge in [-0.1, -0.05) is 40.9 Å². The summed E-state index contributed by atoms with van der Waals surface area (Å²) in [4.78, 5) is 12.5. The van der Waals surface area contributed by atoms with Crippen LogP contribution in [0.5, 0.6) is 11.5 Å². The van der Waals surface area contributed by atoms with Crippen LogP contribution >= 0.6 is 34.8 Å². The summed E-state index contributed by atoms with van der Waals surface area (Å²) in [5, 5.41) is 22.8. The minimum atomic E-state index is -0.392. The summed E-state index contributed by atoms with van der Waals surface area (Å²) in [5.74, 6) is -0.0495. The van der Waals surface area contributed by atoms with Gasteiger partial charge < -0.3 is 15.2 Å². The van der Waals surface area contributed by atoms with Crippen LogP contribution < -0.4 is 10.1 Å². The zero-order valence-electron chi connectivity index (χ0n) is 15.5. The second kappa shape index (κ2) is 9.73. The van der Waals surface area contributed by atoms with E-state index < -0.39 is 5.91 Å². The van der Waals surface area contributed by atoms with Crippen molar-refractivity contribution in [3.05, 3.63) is 91.9 Å². The molecule has 1 amide bonds. The van der Waals surface area contributed by atoms with Gasteiger partial charge in [0.2, 0.25) is 0 Å². The SMILES string of the molecule is N#Cc1ccc(CNC(=O)c2cc(Cl)cc(OCc3cc(Cl)cc(Cl)c3)c2)c(O)c1. The molecule has 3 aromatic carbocycles. The van der Waals surface area contributed by atoms with Gasteiger partial charge in [0.25, 0.3) is 5.91 Å². The lowest BCUT2D eigenvalue weighted by Crippen LogP contribution is -2.22. The number of phenolic OH excluding ortho intramolecular Hbond substituents is 1. The fourth-order valence-corrected chi connectivity index (χ4v) is 3.49. The first-order valence-electron chi connectivity index (χ1n) is 8.72. The minimum absolute atomic E-state index is 0.0651. The molecule has 0 spiro atoms. The van der Waals surface area contributed by atoms with E-state index in [1.165, 1.54) is 12.1 Å². The molecule has 8 heteroatoms. The highest BCUT2D eigenvalue weighted by Gasteiger charge is 2.11. The van der Waals surface area contributed by atoms with Crippen molar-refractivity contribution >= 4 is 40.7 Å². The number of aromatic hydroxyl groups is 1. The Morgan fingerprint density at radius 1 is 1.00 bits per heavy atom.